The summed E-state index contributed by atoms with van der Waals surface area (Å²) in [4.78, 5) is 0. The molecule has 1 aliphatic rings. The molecule has 0 saturated carbocycles. The Hall–Kier alpha value is -0.628. The Kier molecular flexibility index (Phi) is 5.64. The molecular formula is C19H37BN2O3Si-. The van der Waals surface area contributed by atoms with Gasteiger partial charge in [-0.2, -0.15) is 5.10 Å². The van der Waals surface area contributed by atoms with Crippen LogP contribution in [-0.2, 0) is 20.3 Å². The van der Waals surface area contributed by atoms with Gasteiger partial charge < -0.3 is 13.7 Å². The van der Waals surface area contributed by atoms with Gasteiger partial charge in [0, 0.05) is 17.8 Å². The predicted octanol–water partition coefficient (Wildman–Crippen LogP) is 3.82. The molecule has 2 heterocycles. The first-order chi connectivity index (χ1) is 11.6. The van der Waals surface area contributed by atoms with Crippen molar-refractivity contribution in [3.8, 4) is 0 Å². The van der Waals surface area contributed by atoms with E-state index in [1.165, 1.54) is 0 Å². The molecule has 0 radical (unpaired) electrons. The Balaban J connectivity index is 2.12. The van der Waals surface area contributed by atoms with E-state index in [9.17, 15) is 0 Å². The van der Waals surface area contributed by atoms with Gasteiger partial charge in [-0.25, -0.2) is 0 Å². The minimum absolute atomic E-state index is 0.218. The maximum atomic E-state index is 6.31. The van der Waals surface area contributed by atoms with E-state index in [-0.39, 0.29) is 23.4 Å². The topological polar surface area (TPSA) is 45.5 Å². The van der Waals surface area contributed by atoms with Gasteiger partial charge in [0.25, 0.3) is 0 Å². The minimum Gasteiger partial charge on any atom is -0.563 e. The zero-order valence-electron chi connectivity index (χ0n) is 18.6. The Morgan fingerprint density at radius 1 is 1.08 bits per heavy atom. The molecule has 1 fully saturated rings. The lowest BCUT2D eigenvalue weighted by molar-refractivity contribution is 0.00578. The first kappa shape index (κ1) is 21.7. The number of rotatable bonds is 5. The van der Waals surface area contributed by atoms with Gasteiger partial charge in [-0.1, -0.05) is 20.8 Å². The fourth-order valence-electron chi connectivity index (χ4n) is 2.83. The van der Waals surface area contributed by atoms with Crippen LogP contribution in [0.25, 0.3) is 0 Å². The average molecular weight is 380 g/mol. The van der Waals surface area contributed by atoms with Gasteiger partial charge in [-0.3, -0.25) is 4.68 Å². The number of hydrogen-bond donors (Lipinski definition) is 0. The van der Waals surface area contributed by atoms with Crippen molar-refractivity contribution >= 4 is 20.9 Å². The van der Waals surface area contributed by atoms with Crippen LogP contribution in [0.15, 0.2) is 0 Å². The van der Waals surface area contributed by atoms with Crippen LogP contribution in [-0.4, -0.2) is 43.0 Å². The first-order valence-corrected chi connectivity index (χ1v) is 12.5. The van der Waals surface area contributed by atoms with E-state index in [1.807, 2.05) is 11.6 Å². The van der Waals surface area contributed by atoms with Crippen LogP contribution >= 0.6 is 0 Å². The standard InChI is InChI=1S/C19H37BN2O3Si/c1-14-16(20-24-18(6,7)19(8,9)25-20)15(2)22(21-14)12-13-23-26(10,11)17(3,4)5/h12-13H2,1-11H3/q-1. The summed E-state index contributed by atoms with van der Waals surface area (Å²) in [6.45, 7) is 25.2. The summed E-state index contributed by atoms with van der Waals surface area (Å²) < 4.78 is 20.8. The smallest absolute Gasteiger partial charge is 0.498 e. The Morgan fingerprint density at radius 2 is 1.58 bits per heavy atom. The molecule has 0 N–H and O–H groups in total. The summed E-state index contributed by atoms with van der Waals surface area (Å²) in [5.74, 6) is 0. The van der Waals surface area contributed by atoms with Crippen molar-refractivity contribution in [3.05, 3.63) is 11.4 Å². The molecule has 7 heteroatoms. The van der Waals surface area contributed by atoms with Crippen molar-refractivity contribution in [1.82, 2.24) is 9.78 Å². The van der Waals surface area contributed by atoms with Crippen molar-refractivity contribution in [3.63, 3.8) is 0 Å². The summed E-state index contributed by atoms with van der Waals surface area (Å²) in [5.41, 5.74) is 2.43. The minimum atomic E-state index is -1.74. The number of aryl methyl sites for hydroxylation is 1. The lowest BCUT2D eigenvalue weighted by atomic mass is 9.77. The molecule has 0 bridgehead atoms. The summed E-state index contributed by atoms with van der Waals surface area (Å²) in [6, 6.07) is 0. The summed E-state index contributed by atoms with van der Waals surface area (Å²) in [7, 11) is -2.10. The molecule has 0 amide bonds. The van der Waals surface area contributed by atoms with Crippen LogP contribution in [0.3, 0.4) is 0 Å². The largest absolute Gasteiger partial charge is 0.563 e. The number of nitrogens with zero attached hydrogens (tertiary/aromatic N) is 2. The molecule has 1 aromatic heterocycles. The molecule has 1 aliphatic heterocycles. The molecule has 149 valence electrons. The zero-order valence-corrected chi connectivity index (χ0v) is 19.6. The van der Waals surface area contributed by atoms with Crippen LogP contribution in [0, 0.1) is 13.8 Å². The van der Waals surface area contributed by atoms with E-state index in [2.05, 4.69) is 68.5 Å². The maximum absolute atomic E-state index is 6.31. The summed E-state index contributed by atoms with van der Waals surface area (Å²) >= 11 is 0. The van der Waals surface area contributed by atoms with E-state index in [4.69, 9.17) is 18.8 Å². The van der Waals surface area contributed by atoms with Crippen LogP contribution in [0.2, 0.25) is 18.1 Å². The van der Waals surface area contributed by atoms with E-state index >= 15 is 0 Å². The Labute approximate surface area is 161 Å². The average Bonchev–Trinajstić information content (AvgIpc) is 2.81. The van der Waals surface area contributed by atoms with Gasteiger partial charge >= 0.3 is 7.12 Å². The van der Waals surface area contributed by atoms with E-state index in [0.717, 1.165) is 23.4 Å². The highest BCUT2D eigenvalue weighted by molar-refractivity contribution is 6.74. The van der Waals surface area contributed by atoms with Crippen molar-refractivity contribution < 1.29 is 13.7 Å². The normalized spacial score (nSPS) is 20.0. The Morgan fingerprint density at radius 3 is 2.04 bits per heavy atom. The fourth-order valence-corrected chi connectivity index (χ4v) is 3.87. The van der Waals surface area contributed by atoms with Gasteiger partial charge in [-0.15, -0.1) is 18.1 Å². The van der Waals surface area contributed by atoms with Gasteiger partial charge in [0.1, 0.15) is 0 Å². The van der Waals surface area contributed by atoms with E-state index < -0.39 is 8.32 Å². The number of aromatic nitrogens is 2. The third kappa shape index (κ3) is 3.96. The number of hydrogen-bond acceptors (Lipinski definition) is 4. The molecule has 1 aromatic rings. The van der Waals surface area contributed by atoms with Crippen LogP contribution in [0.4, 0.5) is 0 Å². The third-order valence-electron chi connectivity index (χ3n) is 6.50. The zero-order chi connectivity index (χ0) is 20.1. The predicted molar refractivity (Wildman–Crippen MR) is 111 cm³/mol. The maximum Gasteiger partial charge on any atom is 0.498 e. The SMILES string of the molecule is Cc1nn(CCO[Si-](C)(C)C(C)(C)C)c(C)c1B1OC(C)(C)C(C)(C)O1. The molecule has 0 aromatic carbocycles. The lowest BCUT2D eigenvalue weighted by Gasteiger charge is -2.48. The van der Waals surface area contributed by atoms with Crippen molar-refractivity contribution in [2.24, 2.45) is 0 Å². The monoisotopic (exact) mass is 380 g/mol. The van der Waals surface area contributed by atoms with Crippen LogP contribution < -0.4 is 5.46 Å². The van der Waals surface area contributed by atoms with Gasteiger partial charge in [0.15, 0.2) is 0 Å². The highest BCUT2D eigenvalue weighted by Gasteiger charge is 2.53. The van der Waals surface area contributed by atoms with Crippen LogP contribution in [0.1, 0.15) is 59.9 Å². The Bertz CT molecular complexity index is 646. The highest BCUT2D eigenvalue weighted by atomic mass is 28.4. The second kappa shape index (κ2) is 6.76. The highest BCUT2D eigenvalue weighted by Crippen LogP contribution is 2.37. The third-order valence-corrected chi connectivity index (χ3v) is 11.0. The summed E-state index contributed by atoms with van der Waals surface area (Å²) in [6.07, 6.45) is 0. The van der Waals surface area contributed by atoms with E-state index in [1.54, 1.807) is 0 Å². The van der Waals surface area contributed by atoms with Crippen molar-refractivity contribution in [2.75, 3.05) is 6.61 Å². The first-order valence-electron chi connectivity index (χ1n) is 9.62. The molecule has 0 spiro atoms. The second-order valence-electron chi connectivity index (χ2n) is 10.0. The quantitative estimate of drug-likeness (QED) is 0.729. The molecular weight excluding hydrogens is 343 g/mol. The molecule has 0 aliphatic carbocycles. The molecule has 0 unspecified atom stereocenters. The van der Waals surface area contributed by atoms with Gasteiger partial charge in [0.2, 0.25) is 0 Å². The van der Waals surface area contributed by atoms with Crippen molar-refractivity contribution in [1.29, 1.82) is 0 Å². The van der Waals surface area contributed by atoms with Gasteiger partial charge in [-0.05, 0) is 49.9 Å². The van der Waals surface area contributed by atoms with Crippen LogP contribution in [0.5, 0.6) is 0 Å². The van der Waals surface area contributed by atoms with E-state index in [0.29, 0.717) is 6.61 Å². The molecule has 26 heavy (non-hydrogen) atoms. The molecule has 0 atom stereocenters. The van der Waals surface area contributed by atoms with Gasteiger partial charge in [0.05, 0.1) is 23.4 Å². The lowest BCUT2D eigenvalue weighted by Crippen LogP contribution is -2.41. The fraction of sp³-hybridized carbons (Fsp3) is 0.842. The molecule has 2 rings (SSSR count). The second-order valence-corrected chi connectivity index (χ2v) is 14.8. The van der Waals surface area contributed by atoms with Crippen molar-refractivity contribution in [2.45, 2.75) is 98.2 Å². The summed E-state index contributed by atoms with van der Waals surface area (Å²) in [5, 5.41) is 4.94. The molecule has 5 nitrogen and oxygen atoms in total. The molecule has 1 saturated heterocycles.